The quantitative estimate of drug-likeness (QED) is 0.475. The fourth-order valence-electron chi connectivity index (χ4n) is 1.35. The van der Waals surface area contributed by atoms with Gasteiger partial charge in [-0.2, -0.15) is 0 Å². The Kier molecular flexibility index (Phi) is 5.21. The van der Waals surface area contributed by atoms with Gasteiger partial charge in [-0.15, -0.1) is 11.6 Å². The molecular weight excluding hydrogens is 340 g/mol. The molecule has 1 amide bonds. The molecule has 0 spiro atoms. The molecule has 0 fully saturated rings. The number of amides is 1. The van der Waals surface area contributed by atoms with Gasteiger partial charge in [-0.25, -0.2) is 0 Å². The maximum Gasteiger partial charge on any atom is 0.242 e. The number of carbonyl (C=O) groups is 2. The van der Waals surface area contributed by atoms with Crippen LogP contribution in [0.2, 0.25) is 0 Å². The lowest BCUT2D eigenvalue weighted by molar-refractivity contribution is -0.118. The molecule has 16 heavy (non-hydrogen) atoms. The second-order valence-electron chi connectivity index (χ2n) is 3.23. The number of benzene rings is 1. The number of hydrogen-bond acceptors (Lipinski definition) is 2. The third-order valence-corrected chi connectivity index (χ3v) is 3.24. The van der Waals surface area contributed by atoms with E-state index in [1.807, 2.05) is 18.2 Å². The van der Waals surface area contributed by atoms with Crippen molar-refractivity contribution in [2.45, 2.75) is 13.0 Å². The zero-order chi connectivity index (χ0) is 12.1. The average molecular weight is 352 g/mol. The number of anilines is 1. The lowest BCUT2D eigenvalue weighted by Gasteiger charge is -2.26. The van der Waals surface area contributed by atoms with Gasteiger partial charge < -0.3 is 9.69 Å². The van der Waals surface area contributed by atoms with Crippen LogP contribution in [-0.2, 0) is 9.59 Å². The Hall–Kier alpha value is -0.620. The van der Waals surface area contributed by atoms with Gasteiger partial charge in [0, 0.05) is 3.57 Å². The van der Waals surface area contributed by atoms with E-state index in [-0.39, 0.29) is 11.8 Å². The second kappa shape index (κ2) is 6.20. The van der Waals surface area contributed by atoms with E-state index in [0.717, 1.165) is 9.86 Å². The van der Waals surface area contributed by atoms with E-state index in [4.69, 9.17) is 11.6 Å². The van der Waals surface area contributed by atoms with Crippen molar-refractivity contribution in [3.8, 4) is 0 Å². The molecule has 1 aromatic rings. The minimum Gasteiger partial charge on any atom is -0.301 e. The van der Waals surface area contributed by atoms with Crippen molar-refractivity contribution >= 4 is 52.1 Å². The van der Waals surface area contributed by atoms with Gasteiger partial charge >= 0.3 is 0 Å². The van der Waals surface area contributed by atoms with Crippen molar-refractivity contribution in [1.29, 1.82) is 0 Å². The molecule has 0 aliphatic rings. The van der Waals surface area contributed by atoms with E-state index in [0.29, 0.717) is 5.69 Å². The summed E-state index contributed by atoms with van der Waals surface area (Å²) in [7, 11) is 0. The summed E-state index contributed by atoms with van der Waals surface area (Å²) in [4.78, 5) is 23.9. The predicted molar refractivity (Wildman–Crippen MR) is 72.9 cm³/mol. The Morgan fingerprint density at radius 2 is 2.19 bits per heavy atom. The van der Waals surface area contributed by atoms with Crippen molar-refractivity contribution in [2.75, 3.05) is 10.8 Å². The Morgan fingerprint density at radius 1 is 1.56 bits per heavy atom. The van der Waals surface area contributed by atoms with Crippen LogP contribution in [0.15, 0.2) is 24.3 Å². The second-order valence-corrected chi connectivity index (χ2v) is 4.65. The van der Waals surface area contributed by atoms with Gasteiger partial charge in [0.05, 0.1) is 11.7 Å². The van der Waals surface area contributed by atoms with Crippen molar-refractivity contribution in [2.24, 2.45) is 0 Å². The van der Waals surface area contributed by atoms with Crippen molar-refractivity contribution in [1.82, 2.24) is 0 Å². The van der Waals surface area contributed by atoms with Crippen LogP contribution in [0.3, 0.4) is 0 Å². The van der Waals surface area contributed by atoms with Crippen LogP contribution < -0.4 is 4.90 Å². The Balaban J connectivity index is 3.16. The van der Waals surface area contributed by atoms with Gasteiger partial charge in [0.2, 0.25) is 5.91 Å². The molecule has 0 bridgehead atoms. The molecule has 0 aliphatic heterocycles. The van der Waals surface area contributed by atoms with Gasteiger partial charge in [0.15, 0.2) is 0 Å². The maximum absolute atomic E-state index is 11.7. The summed E-state index contributed by atoms with van der Waals surface area (Å²) in [5.74, 6) is -0.409. The molecule has 0 aliphatic carbocycles. The summed E-state index contributed by atoms with van der Waals surface area (Å²) in [5, 5.41) is 0. The summed E-state index contributed by atoms with van der Waals surface area (Å²) in [6.07, 6.45) is 0.730. The van der Waals surface area contributed by atoms with Gasteiger partial charge in [0.1, 0.15) is 12.2 Å². The van der Waals surface area contributed by atoms with E-state index >= 15 is 0 Å². The topological polar surface area (TPSA) is 37.4 Å². The van der Waals surface area contributed by atoms with E-state index < -0.39 is 6.04 Å². The van der Waals surface area contributed by atoms with Gasteiger partial charge in [-0.05, 0) is 41.6 Å². The first-order valence-electron chi connectivity index (χ1n) is 4.69. The zero-order valence-electron chi connectivity index (χ0n) is 8.69. The SMILES string of the molecule is CC(C=O)N(C(=O)CCl)c1ccccc1I. The Labute approximate surface area is 113 Å². The third kappa shape index (κ3) is 2.95. The number of aldehydes is 1. The fourth-order valence-corrected chi connectivity index (χ4v) is 2.13. The highest BCUT2D eigenvalue weighted by molar-refractivity contribution is 14.1. The smallest absolute Gasteiger partial charge is 0.242 e. The molecule has 1 rings (SSSR count). The average Bonchev–Trinajstić information content (AvgIpc) is 2.31. The predicted octanol–water partition coefficient (Wildman–Crippen LogP) is 2.45. The largest absolute Gasteiger partial charge is 0.301 e. The van der Waals surface area contributed by atoms with Crippen LogP contribution in [0.4, 0.5) is 5.69 Å². The summed E-state index contributed by atoms with van der Waals surface area (Å²) in [6.45, 7) is 1.67. The van der Waals surface area contributed by atoms with E-state index in [1.165, 1.54) is 4.90 Å². The van der Waals surface area contributed by atoms with Crippen molar-refractivity contribution in [3.05, 3.63) is 27.8 Å². The number of nitrogens with zero attached hydrogens (tertiary/aromatic N) is 1. The molecule has 5 heteroatoms. The molecule has 86 valence electrons. The van der Waals surface area contributed by atoms with Gasteiger partial charge in [0.25, 0.3) is 0 Å². The summed E-state index contributed by atoms with van der Waals surface area (Å²) < 4.78 is 0.910. The van der Waals surface area contributed by atoms with Crippen LogP contribution in [-0.4, -0.2) is 24.1 Å². The summed E-state index contributed by atoms with van der Waals surface area (Å²) in [6, 6.07) is 6.86. The maximum atomic E-state index is 11.7. The molecular formula is C11H11ClINO2. The van der Waals surface area contributed by atoms with Gasteiger partial charge in [-0.3, -0.25) is 4.79 Å². The molecule has 0 aromatic heterocycles. The number of rotatable bonds is 4. The molecule has 1 unspecified atom stereocenters. The van der Waals surface area contributed by atoms with E-state index in [2.05, 4.69) is 22.6 Å². The van der Waals surface area contributed by atoms with Crippen molar-refractivity contribution in [3.63, 3.8) is 0 Å². The minimum atomic E-state index is -0.512. The van der Waals surface area contributed by atoms with Crippen LogP contribution in [0.25, 0.3) is 0 Å². The first-order chi connectivity index (χ1) is 7.61. The number of alkyl halides is 1. The van der Waals surface area contributed by atoms with E-state index in [9.17, 15) is 9.59 Å². The number of para-hydroxylation sites is 1. The Morgan fingerprint density at radius 3 is 2.69 bits per heavy atom. The van der Waals surface area contributed by atoms with Crippen LogP contribution in [0, 0.1) is 3.57 Å². The zero-order valence-corrected chi connectivity index (χ0v) is 11.6. The van der Waals surface area contributed by atoms with Crippen molar-refractivity contribution < 1.29 is 9.59 Å². The van der Waals surface area contributed by atoms with Crippen LogP contribution in [0.5, 0.6) is 0 Å². The number of halogens is 2. The molecule has 1 aromatic carbocycles. The lowest BCUT2D eigenvalue weighted by Crippen LogP contribution is -2.41. The van der Waals surface area contributed by atoms with Gasteiger partial charge in [-0.1, -0.05) is 12.1 Å². The Bertz CT molecular complexity index is 397. The number of carbonyl (C=O) groups excluding carboxylic acids is 2. The first-order valence-corrected chi connectivity index (χ1v) is 6.31. The van der Waals surface area contributed by atoms with E-state index in [1.54, 1.807) is 13.0 Å². The monoisotopic (exact) mass is 351 g/mol. The van der Waals surface area contributed by atoms with Crippen LogP contribution >= 0.6 is 34.2 Å². The summed E-state index contributed by atoms with van der Waals surface area (Å²) in [5.41, 5.74) is 0.716. The minimum absolute atomic E-state index is 0.136. The highest BCUT2D eigenvalue weighted by Crippen LogP contribution is 2.24. The third-order valence-electron chi connectivity index (χ3n) is 2.10. The molecule has 0 radical (unpaired) electrons. The molecule has 1 atom stereocenters. The molecule has 0 heterocycles. The highest BCUT2D eigenvalue weighted by atomic mass is 127. The van der Waals surface area contributed by atoms with Crippen LogP contribution in [0.1, 0.15) is 6.92 Å². The molecule has 0 N–H and O–H groups in total. The number of hydrogen-bond donors (Lipinski definition) is 0. The normalized spacial score (nSPS) is 11.9. The highest BCUT2D eigenvalue weighted by Gasteiger charge is 2.22. The summed E-state index contributed by atoms with van der Waals surface area (Å²) >= 11 is 7.66. The standard InChI is InChI=1S/C11H11ClINO2/c1-8(7-15)14(11(16)6-12)10-5-3-2-4-9(10)13/h2-5,7-8H,6H2,1H3. The molecule has 0 saturated heterocycles. The molecule has 0 saturated carbocycles. The lowest BCUT2D eigenvalue weighted by atomic mass is 10.2. The first kappa shape index (κ1) is 13.4. The molecule has 3 nitrogen and oxygen atoms in total. The fraction of sp³-hybridized carbons (Fsp3) is 0.273.